The van der Waals surface area contributed by atoms with Crippen molar-refractivity contribution in [2.45, 2.75) is 32.4 Å². The average molecular weight is 478 g/mol. The maximum Gasteiger partial charge on any atom is 0.229 e. The first-order chi connectivity index (χ1) is 14.2. The Hall–Kier alpha value is -1.89. The Balaban J connectivity index is 2.50. The number of benzene rings is 1. The van der Waals surface area contributed by atoms with Crippen LogP contribution >= 0.6 is 0 Å². The van der Waals surface area contributed by atoms with Gasteiger partial charge in [0.15, 0.2) is 0 Å². The summed E-state index contributed by atoms with van der Waals surface area (Å²) in [5, 5.41) is 9.62. The maximum absolute atomic E-state index is 13.0. The zero-order valence-electron chi connectivity index (χ0n) is 18.4. The Morgan fingerprint density at radius 3 is 2.48 bits per heavy atom. The van der Waals surface area contributed by atoms with Crippen molar-refractivity contribution in [1.82, 2.24) is 9.21 Å². The molecule has 0 fully saturated rings. The average Bonchev–Trinajstić information content (AvgIpc) is 2.68. The number of hydrogen-bond acceptors (Lipinski definition) is 7. The van der Waals surface area contributed by atoms with Gasteiger partial charge in [-0.3, -0.25) is 9.52 Å². The van der Waals surface area contributed by atoms with Crippen LogP contribution in [-0.2, 0) is 31.3 Å². The molecule has 12 heteroatoms. The summed E-state index contributed by atoms with van der Waals surface area (Å²) in [7, 11) is -5.51. The van der Waals surface area contributed by atoms with Gasteiger partial charge in [0, 0.05) is 30.8 Å². The lowest BCUT2D eigenvalue weighted by Crippen LogP contribution is -2.48. The number of ether oxygens (including phenoxy) is 1. The van der Waals surface area contributed by atoms with E-state index in [0.717, 1.165) is 12.5 Å². The van der Waals surface area contributed by atoms with Crippen LogP contribution in [0.5, 0.6) is 5.75 Å². The van der Waals surface area contributed by atoms with E-state index in [-0.39, 0.29) is 43.6 Å². The largest absolute Gasteiger partial charge is 0.488 e. The van der Waals surface area contributed by atoms with E-state index < -0.39 is 32.2 Å². The number of likely N-dealkylation sites (N-methyl/N-ethyl adjacent to an activating group) is 1. The van der Waals surface area contributed by atoms with E-state index in [1.807, 2.05) is 6.92 Å². The number of rotatable bonds is 7. The minimum Gasteiger partial charge on any atom is -0.488 e. The quantitative estimate of drug-likeness (QED) is 0.569. The van der Waals surface area contributed by atoms with E-state index in [1.54, 1.807) is 17.9 Å². The normalized spacial score (nSPS) is 21.5. The molecule has 0 spiro atoms. The molecule has 1 amide bonds. The van der Waals surface area contributed by atoms with Crippen LogP contribution in [0.15, 0.2) is 18.2 Å². The Labute approximate surface area is 184 Å². The highest BCUT2D eigenvalue weighted by Crippen LogP contribution is 2.29. The second-order valence-corrected chi connectivity index (χ2v) is 12.0. The number of aliphatic hydroxyl groups is 1. The molecule has 1 aromatic carbocycles. The topological polar surface area (TPSA) is 133 Å². The van der Waals surface area contributed by atoms with Crippen molar-refractivity contribution in [3.05, 3.63) is 23.8 Å². The highest BCUT2D eigenvalue weighted by atomic mass is 32.2. The number of nitrogens with one attached hydrogen (secondary N) is 1. The molecule has 3 atom stereocenters. The number of sulfonamides is 2. The summed E-state index contributed by atoms with van der Waals surface area (Å²) in [5.74, 6) is -0.113. The maximum atomic E-state index is 13.0. The van der Waals surface area contributed by atoms with Gasteiger partial charge in [-0.25, -0.2) is 21.1 Å². The van der Waals surface area contributed by atoms with Crippen molar-refractivity contribution in [3.63, 3.8) is 0 Å². The van der Waals surface area contributed by atoms with E-state index in [9.17, 15) is 26.7 Å². The lowest BCUT2D eigenvalue weighted by molar-refractivity contribution is -0.134. The molecule has 10 nitrogen and oxygen atoms in total. The van der Waals surface area contributed by atoms with Gasteiger partial charge in [0.1, 0.15) is 11.9 Å². The van der Waals surface area contributed by atoms with Crippen molar-refractivity contribution in [2.75, 3.05) is 44.0 Å². The summed E-state index contributed by atoms with van der Waals surface area (Å²) < 4.78 is 56.8. The summed E-state index contributed by atoms with van der Waals surface area (Å²) >= 11 is 0. The van der Waals surface area contributed by atoms with Crippen LogP contribution in [0, 0.1) is 5.92 Å². The highest BCUT2D eigenvalue weighted by molar-refractivity contribution is 7.92. The third kappa shape index (κ3) is 7.06. The zero-order valence-corrected chi connectivity index (χ0v) is 20.0. The first kappa shape index (κ1) is 25.4. The molecular formula is C19H31N3O7S2. The van der Waals surface area contributed by atoms with E-state index in [4.69, 9.17) is 4.74 Å². The molecule has 0 aromatic heterocycles. The van der Waals surface area contributed by atoms with Crippen molar-refractivity contribution in [3.8, 4) is 5.75 Å². The number of amides is 1. The fourth-order valence-electron chi connectivity index (χ4n) is 3.31. The molecule has 0 aliphatic carbocycles. The van der Waals surface area contributed by atoms with Crippen LogP contribution in [0.4, 0.5) is 5.69 Å². The van der Waals surface area contributed by atoms with E-state index in [1.165, 1.54) is 23.5 Å². The minimum atomic E-state index is -3.51. The monoisotopic (exact) mass is 477 g/mol. The number of fused-ring (bicyclic) bond motifs is 1. The van der Waals surface area contributed by atoms with Gasteiger partial charge in [-0.2, -0.15) is 0 Å². The summed E-state index contributed by atoms with van der Waals surface area (Å²) in [6.45, 7) is 3.69. The van der Waals surface area contributed by atoms with Gasteiger partial charge in [0.2, 0.25) is 26.0 Å². The molecule has 0 saturated carbocycles. The smallest absolute Gasteiger partial charge is 0.229 e. The Morgan fingerprint density at radius 1 is 1.29 bits per heavy atom. The molecule has 0 bridgehead atoms. The van der Waals surface area contributed by atoms with Crippen molar-refractivity contribution in [1.29, 1.82) is 0 Å². The fourth-order valence-corrected chi connectivity index (χ4v) is 4.29. The van der Waals surface area contributed by atoms with Crippen LogP contribution in [0.1, 0.15) is 19.4 Å². The third-order valence-electron chi connectivity index (χ3n) is 5.22. The number of carbonyl (C=O) groups is 1. The van der Waals surface area contributed by atoms with Crippen molar-refractivity contribution < 1.29 is 31.5 Å². The van der Waals surface area contributed by atoms with Crippen LogP contribution in [-0.4, -0.2) is 88.5 Å². The summed E-state index contributed by atoms with van der Waals surface area (Å²) in [6.07, 6.45) is 1.50. The summed E-state index contributed by atoms with van der Waals surface area (Å²) in [5.41, 5.74) is 0.756. The van der Waals surface area contributed by atoms with Gasteiger partial charge in [0.25, 0.3) is 0 Å². The van der Waals surface area contributed by atoms with Crippen molar-refractivity contribution in [2.24, 2.45) is 5.92 Å². The van der Waals surface area contributed by atoms with Crippen LogP contribution in [0.25, 0.3) is 0 Å². The summed E-state index contributed by atoms with van der Waals surface area (Å²) in [4.78, 5) is 14.6. The molecule has 2 rings (SSSR count). The minimum absolute atomic E-state index is 0.0552. The molecule has 0 radical (unpaired) electrons. The predicted octanol–water partition coefficient (Wildman–Crippen LogP) is 0.0985. The Kier molecular flexibility index (Phi) is 7.95. The second-order valence-electron chi connectivity index (χ2n) is 8.13. The van der Waals surface area contributed by atoms with E-state index in [2.05, 4.69) is 4.72 Å². The number of carbonyl (C=O) groups excluding carboxylic acids is 1. The van der Waals surface area contributed by atoms with Crippen LogP contribution in [0.3, 0.4) is 0 Å². The molecule has 1 aliphatic rings. The van der Waals surface area contributed by atoms with E-state index >= 15 is 0 Å². The third-order valence-corrected chi connectivity index (χ3v) is 7.11. The Morgan fingerprint density at radius 2 is 1.94 bits per heavy atom. The van der Waals surface area contributed by atoms with Gasteiger partial charge in [-0.15, -0.1) is 0 Å². The van der Waals surface area contributed by atoms with Gasteiger partial charge in [0.05, 0.1) is 38.1 Å². The molecule has 1 aromatic rings. The van der Waals surface area contributed by atoms with Gasteiger partial charge in [-0.05, 0) is 25.1 Å². The molecule has 31 heavy (non-hydrogen) atoms. The lowest BCUT2D eigenvalue weighted by Gasteiger charge is -2.33. The molecule has 0 saturated heterocycles. The number of aliphatic hydroxyl groups excluding tert-OH is 1. The lowest BCUT2D eigenvalue weighted by atomic mass is 10.0. The summed E-state index contributed by atoms with van der Waals surface area (Å²) in [6, 6.07) is 4.19. The standard InChI is InChI=1S/C19H31N3O7S2/c1-13-10-22(14(2)12-23)19(24)9-15-8-16(20-30(4,25)26)6-7-17(15)29-18(13)11-21(3)31(5,27)28/h6-8,13-14,18,20,23H,9-12H2,1-5H3/t13-,14+,18-/m1/s1. The predicted molar refractivity (Wildman–Crippen MR) is 118 cm³/mol. The fraction of sp³-hybridized carbons (Fsp3) is 0.632. The molecule has 1 aliphatic heterocycles. The number of hydrogen-bond donors (Lipinski definition) is 2. The van der Waals surface area contributed by atoms with Crippen LogP contribution in [0.2, 0.25) is 0 Å². The van der Waals surface area contributed by atoms with Gasteiger partial charge in [-0.1, -0.05) is 6.92 Å². The first-order valence-corrected chi connectivity index (χ1v) is 13.5. The van der Waals surface area contributed by atoms with Crippen molar-refractivity contribution >= 4 is 31.6 Å². The zero-order chi connectivity index (χ0) is 23.6. The SMILES string of the molecule is C[C@@H]1CN([C@@H](C)CO)C(=O)Cc2cc(NS(C)(=O)=O)ccc2O[C@@H]1CN(C)S(C)(=O)=O. The molecular weight excluding hydrogens is 446 g/mol. The Bertz CT molecular complexity index is 1010. The molecule has 176 valence electrons. The molecule has 2 N–H and O–H groups in total. The van der Waals surface area contributed by atoms with Crippen LogP contribution < -0.4 is 9.46 Å². The molecule has 1 heterocycles. The molecule has 0 unspecified atom stereocenters. The van der Waals surface area contributed by atoms with E-state index in [0.29, 0.717) is 11.3 Å². The second kappa shape index (κ2) is 9.72. The van der Waals surface area contributed by atoms with Gasteiger partial charge >= 0.3 is 0 Å². The number of anilines is 1. The number of nitrogens with zero attached hydrogens (tertiary/aromatic N) is 2. The first-order valence-electron chi connectivity index (χ1n) is 9.80. The van der Waals surface area contributed by atoms with Gasteiger partial charge < -0.3 is 14.7 Å². The highest BCUT2D eigenvalue weighted by Gasteiger charge is 2.32.